The molecule has 4 aromatic carbocycles. The van der Waals surface area contributed by atoms with Crippen molar-refractivity contribution in [1.82, 2.24) is 5.32 Å². The molecule has 1 saturated heterocycles. The van der Waals surface area contributed by atoms with Gasteiger partial charge in [0.25, 0.3) is 0 Å². The lowest BCUT2D eigenvalue weighted by molar-refractivity contribution is -0.118. The van der Waals surface area contributed by atoms with Crippen molar-refractivity contribution in [3.05, 3.63) is 96.6 Å². The highest BCUT2D eigenvalue weighted by molar-refractivity contribution is 5.95. The van der Waals surface area contributed by atoms with Crippen molar-refractivity contribution >= 4 is 22.4 Å². The second kappa shape index (κ2) is 14.8. The third-order valence-corrected chi connectivity index (χ3v) is 6.35. The van der Waals surface area contributed by atoms with Crippen molar-refractivity contribution in [2.75, 3.05) is 52.0 Å². The number of piperazine rings is 1. The SMILES string of the molecule is COc1ccc2ccccc2c1.COc1ccccc1COCCCOc1ccc(N2CCNCC2=O)cc1. The number of nitrogens with one attached hydrogen (secondary N) is 1. The van der Waals surface area contributed by atoms with Crippen LogP contribution in [0.2, 0.25) is 0 Å². The van der Waals surface area contributed by atoms with E-state index in [9.17, 15) is 4.79 Å². The molecule has 0 unspecified atom stereocenters. The van der Waals surface area contributed by atoms with E-state index in [0.29, 0.717) is 32.9 Å². The predicted octanol–water partition coefficient (Wildman–Crippen LogP) is 5.47. The molecule has 7 heteroatoms. The number of ether oxygens (including phenoxy) is 4. The molecular formula is C32H36N2O5. The molecule has 1 fully saturated rings. The van der Waals surface area contributed by atoms with Crippen molar-refractivity contribution in [3.8, 4) is 17.2 Å². The Labute approximate surface area is 230 Å². The number of methoxy groups -OCH3 is 2. The largest absolute Gasteiger partial charge is 0.497 e. The number of benzene rings is 4. The van der Waals surface area contributed by atoms with Crippen LogP contribution >= 0.6 is 0 Å². The van der Waals surface area contributed by atoms with Gasteiger partial charge < -0.3 is 29.2 Å². The molecule has 0 bridgehead atoms. The second-order valence-corrected chi connectivity index (χ2v) is 9.00. The van der Waals surface area contributed by atoms with Crippen LogP contribution in [-0.2, 0) is 16.1 Å². The highest BCUT2D eigenvalue weighted by Gasteiger charge is 2.18. The number of hydrogen-bond donors (Lipinski definition) is 1. The molecule has 1 amide bonds. The highest BCUT2D eigenvalue weighted by atomic mass is 16.5. The van der Waals surface area contributed by atoms with E-state index < -0.39 is 0 Å². The summed E-state index contributed by atoms with van der Waals surface area (Å²) in [6.45, 7) is 3.63. The van der Waals surface area contributed by atoms with Crippen molar-refractivity contribution in [2.24, 2.45) is 0 Å². The summed E-state index contributed by atoms with van der Waals surface area (Å²) in [4.78, 5) is 13.7. The molecule has 7 nitrogen and oxygen atoms in total. The maximum atomic E-state index is 11.9. The van der Waals surface area contributed by atoms with E-state index in [1.807, 2.05) is 72.8 Å². The highest BCUT2D eigenvalue weighted by Crippen LogP contribution is 2.21. The van der Waals surface area contributed by atoms with Gasteiger partial charge in [-0.1, -0.05) is 48.5 Å². The van der Waals surface area contributed by atoms with E-state index >= 15 is 0 Å². The van der Waals surface area contributed by atoms with Crippen LogP contribution in [0.4, 0.5) is 5.69 Å². The van der Waals surface area contributed by atoms with Crippen LogP contribution < -0.4 is 24.4 Å². The monoisotopic (exact) mass is 528 g/mol. The summed E-state index contributed by atoms with van der Waals surface area (Å²) in [5, 5.41) is 5.54. The third kappa shape index (κ3) is 8.21. The fourth-order valence-electron chi connectivity index (χ4n) is 4.25. The zero-order valence-corrected chi connectivity index (χ0v) is 22.6. The Morgan fingerprint density at radius 2 is 1.54 bits per heavy atom. The van der Waals surface area contributed by atoms with Gasteiger partial charge in [0.1, 0.15) is 17.2 Å². The molecule has 0 atom stereocenters. The fourth-order valence-corrected chi connectivity index (χ4v) is 4.25. The van der Waals surface area contributed by atoms with E-state index in [1.165, 1.54) is 10.8 Å². The van der Waals surface area contributed by atoms with Gasteiger partial charge in [0, 0.05) is 30.8 Å². The Morgan fingerprint density at radius 3 is 2.31 bits per heavy atom. The van der Waals surface area contributed by atoms with Crippen LogP contribution in [0.1, 0.15) is 12.0 Å². The number of nitrogens with zero attached hydrogens (tertiary/aromatic N) is 1. The lowest BCUT2D eigenvalue weighted by atomic mass is 10.1. The molecule has 5 rings (SSSR count). The Morgan fingerprint density at radius 1 is 0.795 bits per heavy atom. The number of rotatable bonds is 10. The Kier molecular flexibility index (Phi) is 10.6. The van der Waals surface area contributed by atoms with Crippen LogP contribution in [0.5, 0.6) is 17.2 Å². The Balaban J connectivity index is 0.000000243. The van der Waals surface area contributed by atoms with Crippen LogP contribution in [0.15, 0.2) is 91.0 Å². The van der Waals surface area contributed by atoms with Gasteiger partial charge in [-0.25, -0.2) is 0 Å². The van der Waals surface area contributed by atoms with Crippen molar-refractivity contribution in [2.45, 2.75) is 13.0 Å². The van der Waals surface area contributed by atoms with E-state index in [0.717, 1.165) is 41.5 Å². The molecule has 0 aliphatic carbocycles. The minimum atomic E-state index is 0.0992. The first-order valence-corrected chi connectivity index (χ1v) is 13.1. The standard InChI is InChI=1S/C21H26N2O4.C11H10O/c1-25-20-6-3-2-5-17(20)16-26-13-4-14-27-19-9-7-18(8-10-19)23-12-11-22-15-21(23)24;1-12-11-7-6-9-4-2-3-5-10(9)8-11/h2-3,5-10,22H,4,11-16H2,1H3;2-8H,1H3. The third-order valence-electron chi connectivity index (χ3n) is 6.35. The van der Waals surface area contributed by atoms with Crippen LogP contribution in [0.25, 0.3) is 10.8 Å². The number of carbonyl (C=O) groups is 1. The van der Waals surface area contributed by atoms with Gasteiger partial charge in [0.05, 0.1) is 40.6 Å². The smallest absolute Gasteiger partial charge is 0.240 e. The molecule has 4 aromatic rings. The van der Waals surface area contributed by atoms with Gasteiger partial charge in [0.15, 0.2) is 0 Å². The quantitative estimate of drug-likeness (QED) is 0.276. The topological polar surface area (TPSA) is 69.3 Å². The summed E-state index contributed by atoms with van der Waals surface area (Å²) in [6, 6.07) is 29.8. The van der Waals surface area contributed by atoms with Gasteiger partial charge in [-0.2, -0.15) is 0 Å². The Bertz CT molecular complexity index is 1330. The molecule has 0 aromatic heterocycles. The molecule has 1 aliphatic rings. The second-order valence-electron chi connectivity index (χ2n) is 9.00. The minimum Gasteiger partial charge on any atom is -0.497 e. The maximum absolute atomic E-state index is 11.9. The molecule has 0 spiro atoms. The summed E-state index contributed by atoms with van der Waals surface area (Å²) in [6.07, 6.45) is 0.799. The number of hydrogen-bond acceptors (Lipinski definition) is 6. The molecule has 39 heavy (non-hydrogen) atoms. The van der Waals surface area contributed by atoms with E-state index in [4.69, 9.17) is 18.9 Å². The zero-order chi connectivity index (χ0) is 27.3. The first kappa shape index (κ1) is 28.0. The molecule has 1 N–H and O–H groups in total. The van der Waals surface area contributed by atoms with E-state index in [1.54, 1.807) is 19.1 Å². The number of anilines is 1. The number of carbonyl (C=O) groups excluding carboxylic acids is 1. The summed E-state index contributed by atoms with van der Waals surface area (Å²) < 4.78 is 21.9. The lowest BCUT2D eigenvalue weighted by Crippen LogP contribution is -2.48. The lowest BCUT2D eigenvalue weighted by Gasteiger charge is -2.27. The number of amides is 1. The van der Waals surface area contributed by atoms with Gasteiger partial charge in [0.2, 0.25) is 5.91 Å². The van der Waals surface area contributed by atoms with E-state index in [2.05, 4.69) is 23.5 Å². The first-order chi connectivity index (χ1) is 19.2. The van der Waals surface area contributed by atoms with Gasteiger partial charge in [-0.05, 0) is 53.2 Å². The summed E-state index contributed by atoms with van der Waals surface area (Å²) >= 11 is 0. The van der Waals surface area contributed by atoms with E-state index in [-0.39, 0.29) is 5.91 Å². The maximum Gasteiger partial charge on any atom is 0.240 e. The van der Waals surface area contributed by atoms with Gasteiger partial charge in [-0.3, -0.25) is 4.79 Å². The average Bonchev–Trinajstić information content (AvgIpc) is 3.00. The summed E-state index contributed by atoms with van der Waals surface area (Å²) in [5.74, 6) is 2.65. The minimum absolute atomic E-state index is 0.0992. The molecular weight excluding hydrogens is 492 g/mol. The fraction of sp³-hybridized carbons (Fsp3) is 0.281. The van der Waals surface area contributed by atoms with Crippen molar-refractivity contribution in [1.29, 1.82) is 0 Å². The van der Waals surface area contributed by atoms with Crippen LogP contribution in [0, 0.1) is 0 Å². The predicted molar refractivity (Wildman–Crippen MR) is 155 cm³/mol. The van der Waals surface area contributed by atoms with Crippen molar-refractivity contribution < 1.29 is 23.7 Å². The molecule has 0 saturated carbocycles. The summed E-state index contributed by atoms with van der Waals surface area (Å²) in [7, 11) is 3.35. The zero-order valence-electron chi connectivity index (χ0n) is 22.6. The van der Waals surface area contributed by atoms with Crippen molar-refractivity contribution in [3.63, 3.8) is 0 Å². The van der Waals surface area contributed by atoms with Crippen LogP contribution in [-0.4, -0.2) is 53.0 Å². The van der Waals surface area contributed by atoms with Gasteiger partial charge >= 0.3 is 0 Å². The van der Waals surface area contributed by atoms with Gasteiger partial charge in [-0.15, -0.1) is 0 Å². The molecule has 0 radical (unpaired) electrons. The molecule has 1 heterocycles. The normalized spacial score (nSPS) is 13.0. The van der Waals surface area contributed by atoms with Crippen LogP contribution in [0.3, 0.4) is 0 Å². The number of fused-ring (bicyclic) bond motifs is 1. The molecule has 204 valence electrons. The number of para-hydroxylation sites is 1. The molecule has 1 aliphatic heterocycles. The average molecular weight is 529 g/mol. The Hall–Kier alpha value is -4.07. The first-order valence-electron chi connectivity index (χ1n) is 13.1. The summed E-state index contributed by atoms with van der Waals surface area (Å²) in [5.41, 5.74) is 1.95.